The molecule has 0 aliphatic carbocycles. The minimum absolute atomic E-state index is 0.905. The average Bonchev–Trinajstić information content (AvgIpc) is 3.98. The van der Waals surface area contributed by atoms with Gasteiger partial charge in [0.1, 0.15) is 11.2 Å². The van der Waals surface area contributed by atoms with Crippen LogP contribution in [0.2, 0.25) is 0 Å². The average molecular weight is 896 g/mol. The molecule has 0 N–H and O–H groups in total. The predicted octanol–water partition coefficient (Wildman–Crippen LogP) is 18.6. The van der Waals surface area contributed by atoms with Gasteiger partial charge in [0, 0.05) is 61.4 Å². The largest absolute Gasteiger partial charge is 0.456 e. The fraction of sp³-hybridized carbons (Fsp3) is 0. The van der Waals surface area contributed by atoms with Crippen LogP contribution in [-0.4, -0.2) is 4.57 Å². The van der Waals surface area contributed by atoms with Gasteiger partial charge in [-0.25, -0.2) is 0 Å². The van der Waals surface area contributed by atoms with Gasteiger partial charge in [-0.15, -0.1) is 0 Å². The highest BCUT2D eigenvalue weighted by atomic mass is 16.3. The number of nitrogens with zero attached hydrogens (tertiary/aromatic N) is 3. The molecule has 0 fully saturated rings. The van der Waals surface area contributed by atoms with E-state index in [1.807, 2.05) is 12.1 Å². The van der Waals surface area contributed by atoms with Crippen molar-refractivity contribution in [3.63, 3.8) is 0 Å². The minimum atomic E-state index is 0.905. The topological polar surface area (TPSA) is 24.6 Å². The molecule has 0 radical (unpaired) electrons. The van der Waals surface area contributed by atoms with Crippen LogP contribution >= 0.6 is 0 Å². The fourth-order valence-electron chi connectivity index (χ4n) is 10.2. The molecule has 13 rings (SSSR count). The van der Waals surface area contributed by atoms with E-state index in [1.54, 1.807) is 0 Å². The molecule has 0 bridgehead atoms. The van der Waals surface area contributed by atoms with Crippen molar-refractivity contribution in [1.82, 2.24) is 4.57 Å². The van der Waals surface area contributed by atoms with Crippen LogP contribution in [0.25, 0.3) is 82.8 Å². The molecule has 0 saturated carbocycles. The second-order valence-electron chi connectivity index (χ2n) is 17.8. The van der Waals surface area contributed by atoms with Crippen molar-refractivity contribution < 1.29 is 4.42 Å². The third-order valence-corrected chi connectivity index (χ3v) is 13.6. The monoisotopic (exact) mass is 895 g/mol. The van der Waals surface area contributed by atoms with Gasteiger partial charge in [-0.1, -0.05) is 152 Å². The van der Waals surface area contributed by atoms with Crippen LogP contribution in [-0.2, 0) is 0 Å². The molecule has 330 valence electrons. The molecule has 11 aromatic carbocycles. The van der Waals surface area contributed by atoms with E-state index in [-0.39, 0.29) is 0 Å². The summed E-state index contributed by atoms with van der Waals surface area (Å²) >= 11 is 0. The van der Waals surface area contributed by atoms with Crippen molar-refractivity contribution in [2.75, 3.05) is 9.80 Å². The van der Waals surface area contributed by atoms with Gasteiger partial charge in [-0.2, -0.15) is 0 Å². The molecule has 0 spiro atoms. The number of aromatic nitrogens is 1. The zero-order valence-corrected chi connectivity index (χ0v) is 38.2. The number of hydrogen-bond donors (Lipinski definition) is 0. The quantitative estimate of drug-likeness (QED) is 0.137. The van der Waals surface area contributed by atoms with Gasteiger partial charge in [-0.3, -0.25) is 0 Å². The third kappa shape index (κ3) is 7.36. The molecule has 0 aliphatic rings. The normalized spacial score (nSPS) is 11.4. The molecule has 4 heteroatoms. The van der Waals surface area contributed by atoms with Crippen molar-refractivity contribution in [3.05, 3.63) is 273 Å². The van der Waals surface area contributed by atoms with E-state index in [2.05, 4.69) is 275 Å². The molecule has 2 aromatic heterocycles. The van der Waals surface area contributed by atoms with Gasteiger partial charge >= 0.3 is 0 Å². The summed E-state index contributed by atoms with van der Waals surface area (Å²) in [5, 5.41) is 4.76. The van der Waals surface area contributed by atoms with E-state index in [9.17, 15) is 0 Å². The summed E-state index contributed by atoms with van der Waals surface area (Å²) in [5.41, 5.74) is 18.9. The van der Waals surface area contributed by atoms with Gasteiger partial charge in [0.05, 0.1) is 11.0 Å². The van der Waals surface area contributed by atoms with E-state index in [1.165, 1.54) is 32.9 Å². The minimum Gasteiger partial charge on any atom is -0.456 e. The Morgan fingerprint density at radius 1 is 0.243 bits per heavy atom. The molecular formula is C66H45N3O. The first kappa shape index (κ1) is 40.9. The SMILES string of the molecule is c1ccc(N(c2ccc(-c3ccc(N(c4ccccc4)c4ccc(-c5ccc6c(c5)c5ccccc5n6-c5ccccc5)cc4)cc3)cc2)c2ccc(-c3ccc4oc5ccccc5c4c3)cc2)cc1. The molecule has 2 heterocycles. The van der Waals surface area contributed by atoms with Crippen molar-refractivity contribution in [2.24, 2.45) is 0 Å². The third-order valence-electron chi connectivity index (χ3n) is 13.6. The zero-order valence-electron chi connectivity index (χ0n) is 38.2. The number of hydrogen-bond acceptors (Lipinski definition) is 3. The first-order valence-corrected chi connectivity index (χ1v) is 23.8. The molecule has 13 aromatic rings. The lowest BCUT2D eigenvalue weighted by atomic mass is 10.0. The summed E-state index contributed by atoms with van der Waals surface area (Å²) in [6.45, 7) is 0. The van der Waals surface area contributed by atoms with Crippen molar-refractivity contribution in [1.29, 1.82) is 0 Å². The van der Waals surface area contributed by atoms with Gasteiger partial charge < -0.3 is 18.8 Å². The van der Waals surface area contributed by atoms with Crippen LogP contribution in [0.5, 0.6) is 0 Å². The Kier molecular flexibility index (Phi) is 10.1. The summed E-state index contributed by atoms with van der Waals surface area (Å²) in [5.74, 6) is 0. The number of furan rings is 1. The Morgan fingerprint density at radius 2 is 0.600 bits per heavy atom. The molecule has 4 nitrogen and oxygen atoms in total. The van der Waals surface area contributed by atoms with Crippen LogP contribution in [0, 0.1) is 0 Å². The van der Waals surface area contributed by atoms with Gasteiger partial charge in [0.25, 0.3) is 0 Å². The summed E-state index contributed by atoms with van der Waals surface area (Å²) < 4.78 is 8.47. The van der Waals surface area contributed by atoms with E-state index in [0.29, 0.717) is 0 Å². The first-order valence-electron chi connectivity index (χ1n) is 23.8. The van der Waals surface area contributed by atoms with Crippen molar-refractivity contribution in [3.8, 4) is 39.1 Å². The molecule has 0 atom stereocenters. The van der Waals surface area contributed by atoms with Crippen LogP contribution in [0.15, 0.2) is 277 Å². The lowest BCUT2D eigenvalue weighted by molar-refractivity contribution is 0.669. The Labute approximate surface area is 406 Å². The van der Waals surface area contributed by atoms with Crippen LogP contribution in [0.4, 0.5) is 34.1 Å². The zero-order chi connectivity index (χ0) is 46.4. The Hall–Kier alpha value is -9.38. The van der Waals surface area contributed by atoms with E-state index in [4.69, 9.17) is 4.42 Å². The van der Waals surface area contributed by atoms with Crippen molar-refractivity contribution >= 4 is 77.9 Å². The highest BCUT2D eigenvalue weighted by Gasteiger charge is 2.17. The van der Waals surface area contributed by atoms with Crippen LogP contribution in [0.1, 0.15) is 0 Å². The Morgan fingerprint density at radius 3 is 1.13 bits per heavy atom. The van der Waals surface area contributed by atoms with Gasteiger partial charge in [0.15, 0.2) is 0 Å². The highest BCUT2D eigenvalue weighted by Crippen LogP contribution is 2.41. The first-order chi connectivity index (χ1) is 34.7. The van der Waals surface area contributed by atoms with E-state index >= 15 is 0 Å². The summed E-state index contributed by atoms with van der Waals surface area (Å²) in [7, 11) is 0. The Bertz CT molecular complexity index is 3950. The van der Waals surface area contributed by atoms with Gasteiger partial charge in [-0.05, 0) is 155 Å². The number of fused-ring (bicyclic) bond motifs is 6. The fourth-order valence-corrected chi connectivity index (χ4v) is 10.2. The molecule has 70 heavy (non-hydrogen) atoms. The van der Waals surface area contributed by atoms with Crippen molar-refractivity contribution in [2.45, 2.75) is 0 Å². The smallest absolute Gasteiger partial charge is 0.135 e. The number of rotatable bonds is 10. The molecule has 0 unspecified atom stereocenters. The predicted molar refractivity (Wildman–Crippen MR) is 294 cm³/mol. The highest BCUT2D eigenvalue weighted by molar-refractivity contribution is 6.10. The second kappa shape index (κ2) is 17.4. The maximum Gasteiger partial charge on any atom is 0.135 e. The number of benzene rings is 11. The summed E-state index contributed by atoms with van der Waals surface area (Å²) in [4.78, 5) is 4.64. The molecular weight excluding hydrogens is 851 g/mol. The molecule has 0 saturated heterocycles. The van der Waals surface area contributed by atoms with E-state index in [0.717, 1.165) is 84.0 Å². The maximum atomic E-state index is 6.11. The van der Waals surface area contributed by atoms with E-state index < -0.39 is 0 Å². The van der Waals surface area contributed by atoms with Crippen LogP contribution < -0.4 is 9.80 Å². The van der Waals surface area contributed by atoms with Gasteiger partial charge in [0.2, 0.25) is 0 Å². The maximum absolute atomic E-state index is 6.11. The molecule has 0 aliphatic heterocycles. The molecule has 0 amide bonds. The summed E-state index contributed by atoms with van der Waals surface area (Å²) in [6, 6.07) is 97.7. The lowest BCUT2D eigenvalue weighted by Gasteiger charge is -2.26. The Balaban J connectivity index is 0.778. The number of para-hydroxylation sites is 5. The van der Waals surface area contributed by atoms with Crippen LogP contribution in [0.3, 0.4) is 0 Å². The number of anilines is 6. The standard InChI is InChI=1S/C66H45N3O/c1-4-14-52(15-5-1)67(57-38-28-48(29-39-57)50-32-42-64-61(44-50)59-20-10-12-22-63(59)69(64)54-18-8-3-9-19-54)55-34-24-46(25-35-55)47-26-36-56(37-27-47)68(53-16-6-2-7-17-53)58-40-30-49(31-41-58)51-33-43-66-62(45-51)60-21-11-13-23-65(60)70-66/h1-45H. The summed E-state index contributed by atoms with van der Waals surface area (Å²) in [6.07, 6.45) is 0. The lowest BCUT2D eigenvalue weighted by Crippen LogP contribution is -2.10. The second-order valence-corrected chi connectivity index (χ2v) is 17.8.